The standard InChI is InChI=1S/C15H14N6.C3H6O.C3H8.C2H6/c1-10-17-18-13-8-16-14(11-6-4-3-5-7-11)15-12(21(10)13)9-20(2)19-15;1-3(2)4;1-3-2;1-2/h3-7,9H,8H2,1-2H3;1-2H3;3H2,1-2H3;1-2H3. The minimum absolute atomic E-state index is 0.167. The molecule has 7 heteroatoms. The fourth-order valence-electron chi connectivity index (χ4n) is 2.68. The third-order valence-corrected chi connectivity index (χ3v) is 3.59. The molecule has 1 aliphatic rings. The molecule has 0 saturated heterocycles. The van der Waals surface area contributed by atoms with Crippen LogP contribution in [0.1, 0.15) is 70.9 Å². The number of carbonyl (C=O) groups is 1. The topological polar surface area (TPSA) is 78.0 Å². The van der Waals surface area contributed by atoms with Gasteiger partial charge in [-0.1, -0.05) is 64.4 Å². The molecular formula is C23H34N6O. The summed E-state index contributed by atoms with van der Waals surface area (Å²) in [5.41, 5.74) is 3.81. The molecule has 0 radical (unpaired) electrons. The Morgan fingerprint density at radius 3 is 2.20 bits per heavy atom. The molecule has 1 aliphatic heterocycles. The first-order valence-electron chi connectivity index (χ1n) is 10.4. The Bertz CT molecular complexity index is 949. The number of aromatic nitrogens is 5. The van der Waals surface area contributed by atoms with Gasteiger partial charge in [0.15, 0.2) is 5.82 Å². The summed E-state index contributed by atoms with van der Waals surface area (Å²) >= 11 is 0. The Morgan fingerprint density at radius 1 is 1.07 bits per heavy atom. The van der Waals surface area contributed by atoms with Gasteiger partial charge in [-0.3, -0.25) is 14.2 Å². The third kappa shape index (κ3) is 6.47. The molecule has 0 amide bonds. The number of nitrogens with zero attached hydrogens (tertiary/aromatic N) is 6. The molecule has 3 heterocycles. The number of fused-ring (bicyclic) bond motifs is 3. The van der Waals surface area contributed by atoms with Crippen LogP contribution in [0.2, 0.25) is 0 Å². The normalized spacial score (nSPS) is 11.0. The number of rotatable bonds is 1. The summed E-state index contributed by atoms with van der Waals surface area (Å²) in [6.07, 6.45) is 3.24. The van der Waals surface area contributed by atoms with E-state index in [1.165, 1.54) is 20.3 Å². The van der Waals surface area contributed by atoms with Crippen LogP contribution in [0.3, 0.4) is 0 Å². The largest absolute Gasteiger partial charge is 0.300 e. The van der Waals surface area contributed by atoms with Crippen molar-refractivity contribution in [1.82, 2.24) is 24.5 Å². The van der Waals surface area contributed by atoms with Crippen LogP contribution < -0.4 is 0 Å². The summed E-state index contributed by atoms with van der Waals surface area (Å²) in [6, 6.07) is 10.1. The average molecular weight is 411 g/mol. The SMILES string of the molecule is CC.CC(C)=O.CCC.Cc1nnc2n1-c1cn(C)nc1C(c1ccccc1)=NC2. The third-order valence-electron chi connectivity index (χ3n) is 3.59. The molecule has 0 saturated carbocycles. The molecule has 4 rings (SSSR count). The first-order valence-corrected chi connectivity index (χ1v) is 10.4. The molecule has 30 heavy (non-hydrogen) atoms. The number of aliphatic imine (C=N–C) groups is 1. The highest BCUT2D eigenvalue weighted by Crippen LogP contribution is 2.24. The van der Waals surface area contributed by atoms with Gasteiger partial charge in [-0.2, -0.15) is 5.10 Å². The Balaban J connectivity index is 0.000000434. The van der Waals surface area contributed by atoms with Crippen molar-refractivity contribution in [2.24, 2.45) is 12.0 Å². The maximum atomic E-state index is 9.44. The molecule has 0 bridgehead atoms. The van der Waals surface area contributed by atoms with E-state index in [-0.39, 0.29) is 5.78 Å². The van der Waals surface area contributed by atoms with E-state index >= 15 is 0 Å². The van der Waals surface area contributed by atoms with Gasteiger partial charge in [0, 0.05) is 18.8 Å². The van der Waals surface area contributed by atoms with Crippen LogP contribution in [0.15, 0.2) is 41.5 Å². The van der Waals surface area contributed by atoms with E-state index in [9.17, 15) is 4.79 Å². The summed E-state index contributed by atoms with van der Waals surface area (Å²) in [7, 11) is 1.91. The van der Waals surface area contributed by atoms with Gasteiger partial charge in [0.1, 0.15) is 23.8 Å². The van der Waals surface area contributed by atoms with Gasteiger partial charge in [0.05, 0.1) is 11.4 Å². The first-order chi connectivity index (χ1) is 14.4. The number of aryl methyl sites for hydroxylation is 2. The lowest BCUT2D eigenvalue weighted by Gasteiger charge is -2.05. The van der Waals surface area contributed by atoms with Crippen molar-refractivity contribution in [2.75, 3.05) is 0 Å². The van der Waals surface area contributed by atoms with Crippen LogP contribution in [0.25, 0.3) is 5.69 Å². The van der Waals surface area contributed by atoms with E-state index in [2.05, 4.69) is 41.3 Å². The maximum Gasteiger partial charge on any atom is 0.159 e. The van der Waals surface area contributed by atoms with Gasteiger partial charge in [0.2, 0.25) is 0 Å². The van der Waals surface area contributed by atoms with Crippen molar-refractivity contribution in [3.63, 3.8) is 0 Å². The number of hydrogen-bond acceptors (Lipinski definition) is 5. The summed E-state index contributed by atoms with van der Waals surface area (Å²) in [5, 5.41) is 13.0. The van der Waals surface area contributed by atoms with Crippen molar-refractivity contribution >= 4 is 11.5 Å². The Kier molecular flexibility index (Phi) is 10.4. The number of carbonyl (C=O) groups excluding carboxylic acids is 1. The highest BCUT2D eigenvalue weighted by atomic mass is 16.1. The van der Waals surface area contributed by atoms with Crippen LogP contribution in [-0.2, 0) is 18.4 Å². The molecule has 0 unspecified atom stereocenters. The minimum atomic E-state index is 0.167. The van der Waals surface area contributed by atoms with Gasteiger partial charge in [0.25, 0.3) is 0 Å². The van der Waals surface area contributed by atoms with Gasteiger partial charge in [-0.25, -0.2) is 0 Å². The molecule has 0 aliphatic carbocycles. The fraction of sp³-hybridized carbons (Fsp3) is 0.435. The number of hydrogen-bond donors (Lipinski definition) is 0. The fourth-order valence-corrected chi connectivity index (χ4v) is 2.68. The van der Waals surface area contributed by atoms with E-state index in [4.69, 9.17) is 4.99 Å². The minimum Gasteiger partial charge on any atom is -0.300 e. The summed E-state index contributed by atoms with van der Waals surface area (Å²) in [6.45, 7) is 13.8. The van der Waals surface area contributed by atoms with Crippen molar-refractivity contribution in [1.29, 1.82) is 0 Å². The van der Waals surface area contributed by atoms with E-state index in [1.807, 2.05) is 56.8 Å². The number of benzene rings is 1. The van der Waals surface area contributed by atoms with Gasteiger partial charge in [-0.15, -0.1) is 10.2 Å². The molecule has 1 aromatic carbocycles. The molecule has 162 valence electrons. The summed E-state index contributed by atoms with van der Waals surface area (Å²) in [4.78, 5) is 14.2. The van der Waals surface area contributed by atoms with E-state index < -0.39 is 0 Å². The van der Waals surface area contributed by atoms with Gasteiger partial charge in [-0.05, 0) is 20.8 Å². The molecule has 0 spiro atoms. The monoisotopic (exact) mass is 410 g/mol. The molecule has 2 aromatic heterocycles. The zero-order chi connectivity index (χ0) is 22.7. The van der Waals surface area contributed by atoms with E-state index in [1.54, 1.807) is 4.68 Å². The van der Waals surface area contributed by atoms with Gasteiger partial charge < -0.3 is 4.79 Å². The quantitative estimate of drug-likeness (QED) is 0.583. The lowest BCUT2D eigenvalue weighted by atomic mass is 10.1. The Labute approximate surface area is 179 Å². The highest BCUT2D eigenvalue weighted by Gasteiger charge is 2.24. The zero-order valence-electron chi connectivity index (χ0n) is 19.5. The van der Waals surface area contributed by atoms with Gasteiger partial charge >= 0.3 is 0 Å². The summed E-state index contributed by atoms with van der Waals surface area (Å²) < 4.78 is 3.83. The maximum absolute atomic E-state index is 9.44. The highest BCUT2D eigenvalue weighted by molar-refractivity contribution is 6.13. The van der Waals surface area contributed by atoms with E-state index in [0.29, 0.717) is 6.54 Å². The second-order valence-electron chi connectivity index (χ2n) is 6.68. The van der Waals surface area contributed by atoms with Crippen LogP contribution in [0, 0.1) is 6.92 Å². The molecule has 0 N–H and O–H groups in total. The second-order valence-corrected chi connectivity index (χ2v) is 6.68. The van der Waals surface area contributed by atoms with Crippen molar-refractivity contribution < 1.29 is 4.79 Å². The Hall–Kier alpha value is -3.09. The smallest absolute Gasteiger partial charge is 0.159 e. The van der Waals surface area contributed by atoms with Crippen molar-refractivity contribution in [3.05, 3.63) is 59.4 Å². The molecule has 3 aromatic rings. The van der Waals surface area contributed by atoms with Crippen LogP contribution in [-0.4, -0.2) is 36.0 Å². The average Bonchev–Trinajstić information content (AvgIpc) is 3.23. The summed E-state index contributed by atoms with van der Waals surface area (Å²) in [5.74, 6) is 1.86. The lowest BCUT2D eigenvalue weighted by molar-refractivity contribution is -0.114. The number of Topliss-reactive ketones (excluding diaryl/α,β-unsaturated/α-hetero) is 1. The molecular weight excluding hydrogens is 376 g/mol. The van der Waals surface area contributed by atoms with Crippen molar-refractivity contribution in [3.8, 4) is 5.69 Å². The van der Waals surface area contributed by atoms with Crippen LogP contribution in [0.4, 0.5) is 0 Å². The molecule has 0 atom stereocenters. The molecule has 7 nitrogen and oxygen atoms in total. The number of ketones is 1. The lowest BCUT2D eigenvalue weighted by Crippen LogP contribution is -2.07. The van der Waals surface area contributed by atoms with Crippen molar-refractivity contribution in [2.45, 2.75) is 61.4 Å². The molecule has 0 fully saturated rings. The zero-order valence-corrected chi connectivity index (χ0v) is 19.5. The second kappa shape index (κ2) is 12.5. The van der Waals surface area contributed by atoms with Crippen LogP contribution in [0.5, 0.6) is 0 Å². The predicted octanol–water partition coefficient (Wildman–Crippen LogP) is 4.70. The predicted molar refractivity (Wildman–Crippen MR) is 122 cm³/mol. The van der Waals surface area contributed by atoms with E-state index in [0.717, 1.165) is 34.3 Å². The first kappa shape index (κ1) is 24.9. The van der Waals surface area contributed by atoms with Crippen LogP contribution >= 0.6 is 0 Å². The Morgan fingerprint density at radius 2 is 1.63 bits per heavy atom.